The zero-order chi connectivity index (χ0) is 15.5. The van der Waals surface area contributed by atoms with Crippen molar-refractivity contribution >= 4 is 17.2 Å². The molecule has 112 valence electrons. The van der Waals surface area contributed by atoms with Gasteiger partial charge in [0, 0.05) is 10.4 Å². The first kappa shape index (κ1) is 15.4. The lowest BCUT2D eigenvalue weighted by molar-refractivity contribution is -0.274. The monoisotopic (exact) mass is 315 g/mol. The molecule has 1 N–H and O–H groups in total. The summed E-state index contributed by atoms with van der Waals surface area (Å²) in [5, 5.41) is 4.68. The molecule has 0 aliphatic heterocycles. The van der Waals surface area contributed by atoms with E-state index < -0.39 is 6.36 Å². The van der Waals surface area contributed by atoms with E-state index in [1.165, 1.54) is 23.5 Å². The van der Waals surface area contributed by atoms with Crippen molar-refractivity contribution in [3.8, 4) is 5.75 Å². The summed E-state index contributed by atoms with van der Waals surface area (Å²) in [5.74, 6) is -0.709. The van der Waals surface area contributed by atoms with Crippen molar-refractivity contribution in [3.63, 3.8) is 0 Å². The molecular weight excluding hydrogens is 303 g/mol. The first-order valence-electron chi connectivity index (χ1n) is 6.05. The molecule has 0 bridgehead atoms. The van der Waals surface area contributed by atoms with E-state index in [0.29, 0.717) is 0 Å². The van der Waals surface area contributed by atoms with Gasteiger partial charge in [0.2, 0.25) is 0 Å². The second-order valence-electron chi connectivity index (χ2n) is 4.28. The van der Waals surface area contributed by atoms with E-state index in [-0.39, 0.29) is 23.3 Å². The van der Waals surface area contributed by atoms with Crippen LogP contribution in [0.4, 0.5) is 13.2 Å². The Balaban J connectivity index is 2.00. The van der Waals surface area contributed by atoms with Gasteiger partial charge in [0.05, 0.1) is 6.04 Å². The summed E-state index contributed by atoms with van der Waals surface area (Å²) in [5.41, 5.74) is 0.271. The minimum absolute atomic E-state index is 0.163. The second-order valence-corrected chi connectivity index (χ2v) is 5.26. The number of carbonyl (C=O) groups excluding carboxylic acids is 1. The first-order chi connectivity index (χ1) is 9.85. The summed E-state index contributed by atoms with van der Waals surface area (Å²) >= 11 is 1.52. The number of rotatable bonds is 4. The maximum atomic E-state index is 12.0. The lowest BCUT2D eigenvalue weighted by Gasteiger charge is -2.13. The van der Waals surface area contributed by atoms with Crippen molar-refractivity contribution < 1.29 is 22.7 Å². The zero-order valence-corrected chi connectivity index (χ0v) is 11.8. The van der Waals surface area contributed by atoms with Crippen LogP contribution in [0.5, 0.6) is 5.75 Å². The molecule has 0 radical (unpaired) electrons. The molecule has 0 spiro atoms. The Bertz CT molecular complexity index is 594. The number of alkyl halides is 3. The van der Waals surface area contributed by atoms with Crippen LogP contribution in [0.3, 0.4) is 0 Å². The Labute approximate surface area is 123 Å². The molecule has 0 aliphatic rings. The predicted molar refractivity (Wildman–Crippen MR) is 73.3 cm³/mol. The summed E-state index contributed by atoms with van der Waals surface area (Å²) in [7, 11) is 0. The standard InChI is InChI=1S/C14H12F3NO2S/c1-9(12-3-2-8-21-12)18-13(19)10-4-6-11(7-5-10)20-14(15,16)17/h2-9H,1H3,(H,18,19). The van der Waals surface area contributed by atoms with Gasteiger partial charge in [0.25, 0.3) is 5.91 Å². The molecule has 7 heteroatoms. The average molecular weight is 315 g/mol. The summed E-state index contributed by atoms with van der Waals surface area (Å²) < 4.78 is 39.8. The minimum Gasteiger partial charge on any atom is -0.406 e. The summed E-state index contributed by atoms with van der Waals surface area (Å²) in [6.45, 7) is 1.84. The topological polar surface area (TPSA) is 38.3 Å². The van der Waals surface area contributed by atoms with Crippen LogP contribution in [-0.2, 0) is 0 Å². The smallest absolute Gasteiger partial charge is 0.406 e. The quantitative estimate of drug-likeness (QED) is 0.921. The molecule has 1 aromatic carbocycles. The normalized spacial score (nSPS) is 12.8. The van der Waals surface area contributed by atoms with Crippen LogP contribution in [0.15, 0.2) is 41.8 Å². The molecular formula is C14H12F3NO2S. The number of benzene rings is 1. The SMILES string of the molecule is CC(NC(=O)c1ccc(OC(F)(F)F)cc1)c1cccs1. The van der Waals surface area contributed by atoms with Crippen LogP contribution in [0.2, 0.25) is 0 Å². The molecule has 1 unspecified atom stereocenters. The Hall–Kier alpha value is -2.02. The molecule has 0 saturated carbocycles. The van der Waals surface area contributed by atoms with Crippen LogP contribution in [0.25, 0.3) is 0 Å². The van der Waals surface area contributed by atoms with E-state index in [2.05, 4.69) is 10.1 Å². The van der Waals surface area contributed by atoms with E-state index in [1.807, 2.05) is 24.4 Å². The van der Waals surface area contributed by atoms with Crippen LogP contribution in [0.1, 0.15) is 28.2 Å². The molecule has 1 heterocycles. The van der Waals surface area contributed by atoms with Gasteiger partial charge < -0.3 is 10.1 Å². The number of carbonyl (C=O) groups is 1. The molecule has 1 aromatic heterocycles. The highest BCUT2D eigenvalue weighted by Crippen LogP contribution is 2.23. The Morgan fingerprint density at radius 1 is 1.24 bits per heavy atom. The highest BCUT2D eigenvalue weighted by Gasteiger charge is 2.31. The van der Waals surface area contributed by atoms with Gasteiger partial charge in [0.1, 0.15) is 5.75 Å². The van der Waals surface area contributed by atoms with Gasteiger partial charge >= 0.3 is 6.36 Å². The number of ether oxygens (including phenoxy) is 1. The van der Waals surface area contributed by atoms with Crippen molar-refractivity contribution in [1.82, 2.24) is 5.32 Å². The van der Waals surface area contributed by atoms with Crippen molar-refractivity contribution in [2.45, 2.75) is 19.3 Å². The highest BCUT2D eigenvalue weighted by atomic mass is 32.1. The molecule has 0 fully saturated rings. The molecule has 1 amide bonds. The van der Waals surface area contributed by atoms with E-state index in [9.17, 15) is 18.0 Å². The minimum atomic E-state index is -4.74. The van der Waals surface area contributed by atoms with Crippen molar-refractivity contribution in [3.05, 3.63) is 52.2 Å². The third-order valence-electron chi connectivity index (χ3n) is 2.67. The van der Waals surface area contributed by atoms with Crippen molar-refractivity contribution in [2.75, 3.05) is 0 Å². The van der Waals surface area contributed by atoms with Gasteiger partial charge in [-0.25, -0.2) is 0 Å². The second kappa shape index (κ2) is 6.17. The van der Waals surface area contributed by atoms with Crippen LogP contribution in [0, 0.1) is 0 Å². The average Bonchev–Trinajstić information content (AvgIpc) is 2.91. The maximum absolute atomic E-state index is 12.0. The fourth-order valence-corrected chi connectivity index (χ4v) is 2.43. The fourth-order valence-electron chi connectivity index (χ4n) is 1.70. The maximum Gasteiger partial charge on any atom is 0.573 e. The van der Waals surface area contributed by atoms with Gasteiger partial charge in [-0.3, -0.25) is 4.79 Å². The number of amides is 1. The van der Waals surface area contributed by atoms with E-state index in [0.717, 1.165) is 17.0 Å². The third-order valence-corrected chi connectivity index (χ3v) is 3.72. The highest BCUT2D eigenvalue weighted by molar-refractivity contribution is 7.10. The van der Waals surface area contributed by atoms with Crippen molar-refractivity contribution in [2.24, 2.45) is 0 Å². The van der Waals surface area contributed by atoms with Crippen LogP contribution >= 0.6 is 11.3 Å². The summed E-state index contributed by atoms with van der Waals surface area (Å²) in [6, 6.07) is 8.41. The first-order valence-corrected chi connectivity index (χ1v) is 6.93. The summed E-state index contributed by atoms with van der Waals surface area (Å²) in [4.78, 5) is 13.0. The number of halogens is 3. The largest absolute Gasteiger partial charge is 0.573 e. The molecule has 0 aliphatic carbocycles. The van der Waals surface area contributed by atoms with Gasteiger partial charge in [-0.1, -0.05) is 6.07 Å². The fraction of sp³-hybridized carbons (Fsp3) is 0.214. The van der Waals surface area contributed by atoms with E-state index in [1.54, 1.807) is 0 Å². The van der Waals surface area contributed by atoms with Gasteiger partial charge in [-0.05, 0) is 42.6 Å². The van der Waals surface area contributed by atoms with Gasteiger partial charge in [-0.2, -0.15) is 0 Å². The van der Waals surface area contributed by atoms with E-state index in [4.69, 9.17) is 0 Å². The Kier molecular flexibility index (Phi) is 4.52. The molecule has 21 heavy (non-hydrogen) atoms. The third kappa shape index (κ3) is 4.49. The number of hydrogen-bond donors (Lipinski definition) is 1. The number of thiophene rings is 1. The van der Waals surface area contributed by atoms with Gasteiger partial charge in [0.15, 0.2) is 0 Å². The van der Waals surface area contributed by atoms with E-state index >= 15 is 0 Å². The predicted octanol–water partition coefficient (Wildman–Crippen LogP) is 4.14. The molecule has 1 atom stereocenters. The molecule has 3 nitrogen and oxygen atoms in total. The zero-order valence-electron chi connectivity index (χ0n) is 11.0. The molecule has 2 aromatic rings. The van der Waals surface area contributed by atoms with Gasteiger partial charge in [-0.15, -0.1) is 24.5 Å². The van der Waals surface area contributed by atoms with Crippen LogP contribution < -0.4 is 10.1 Å². The molecule has 0 saturated heterocycles. The Morgan fingerprint density at radius 3 is 2.43 bits per heavy atom. The van der Waals surface area contributed by atoms with Crippen molar-refractivity contribution in [1.29, 1.82) is 0 Å². The number of nitrogens with one attached hydrogen (secondary N) is 1. The van der Waals surface area contributed by atoms with Crippen LogP contribution in [-0.4, -0.2) is 12.3 Å². The Morgan fingerprint density at radius 2 is 1.90 bits per heavy atom. The lowest BCUT2D eigenvalue weighted by Crippen LogP contribution is -2.26. The summed E-state index contributed by atoms with van der Waals surface area (Å²) in [6.07, 6.45) is -4.74. The lowest BCUT2D eigenvalue weighted by atomic mass is 10.2. The molecule has 2 rings (SSSR count). The number of hydrogen-bond acceptors (Lipinski definition) is 3.